The van der Waals surface area contributed by atoms with Crippen LogP contribution in [0.1, 0.15) is 89.0 Å². The van der Waals surface area contributed by atoms with Crippen LogP contribution in [0.4, 0.5) is 4.39 Å². The van der Waals surface area contributed by atoms with Gasteiger partial charge in [0.1, 0.15) is 5.82 Å². The molecule has 0 nitrogen and oxygen atoms in total. The first-order valence-electron chi connectivity index (χ1n) is 10.8. The Morgan fingerprint density at radius 1 is 0.962 bits per heavy atom. The van der Waals surface area contributed by atoms with Crippen LogP contribution in [0.3, 0.4) is 0 Å². The molecule has 0 saturated heterocycles. The SMILES string of the molecule is CCC=C[C@H]1CC[C@H](CC[C@H]2CC[C@H](c3ccc(Cl)c(F)c3)CC2)CC1. The van der Waals surface area contributed by atoms with E-state index < -0.39 is 0 Å². The van der Waals surface area contributed by atoms with Gasteiger partial charge in [-0.25, -0.2) is 4.39 Å². The molecule has 0 aliphatic heterocycles. The molecule has 0 radical (unpaired) electrons. The first-order chi connectivity index (χ1) is 12.7. The number of allylic oxidation sites excluding steroid dienone is 2. The van der Waals surface area contributed by atoms with Crippen molar-refractivity contribution in [1.29, 1.82) is 0 Å². The molecule has 0 heterocycles. The average Bonchev–Trinajstić information content (AvgIpc) is 2.68. The van der Waals surface area contributed by atoms with Crippen molar-refractivity contribution in [2.45, 2.75) is 83.5 Å². The Balaban J connectivity index is 1.37. The highest BCUT2D eigenvalue weighted by Gasteiger charge is 2.25. The summed E-state index contributed by atoms with van der Waals surface area (Å²) >= 11 is 5.81. The third kappa shape index (κ3) is 5.59. The highest BCUT2D eigenvalue weighted by Crippen LogP contribution is 2.40. The summed E-state index contributed by atoms with van der Waals surface area (Å²) in [5, 5.41) is 0.238. The van der Waals surface area contributed by atoms with Gasteiger partial charge in [0.05, 0.1) is 5.02 Å². The molecule has 0 atom stereocenters. The fourth-order valence-electron chi connectivity index (χ4n) is 5.02. The Kier molecular flexibility index (Phi) is 7.61. The van der Waals surface area contributed by atoms with Crippen molar-refractivity contribution in [2.24, 2.45) is 17.8 Å². The number of rotatable bonds is 6. The zero-order valence-electron chi connectivity index (χ0n) is 16.2. The summed E-state index contributed by atoms with van der Waals surface area (Å²) in [7, 11) is 0. The molecule has 2 aliphatic carbocycles. The van der Waals surface area contributed by atoms with Gasteiger partial charge in [-0.05, 0) is 99.2 Å². The lowest BCUT2D eigenvalue weighted by Gasteiger charge is -2.31. The predicted molar refractivity (Wildman–Crippen MR) is 110 cm³/mol. The molecule has 144 valence electrons. The van der Waals surface area contributed by atoms with Gasteiger partial charge in [-0.1, -0.05) is 49.6 Å². The number of hydrogen-bond donors (Lipinski definition) is 0. The monoisotopic (exact) mass is 376 g/mol. The summed E-state index contributed by atoms with van der Waals surface area (Å²) in [6, 6.07) is 5.38. The summed E-state index contributed by atoms with van der Waals surface area (Å²) in [6.45, 7) is 2.22. The second kappa shape index (κ2) is 9.93. The Morgan fingerprint density at radius 3 is 2.15 bits per heavy atom. The van der Waals surface area contributed by atoms with Crippen LogP contribution in [-0.4, -0.2) is 0 Å². The third-order valence-corrected chi connectivity index (χ3v) is 7.09. The molecule has 2 aliphatic rings. The summed E-state index contributed by atoms with van der Waals surface area (Å²) < 4.78 is 13.7. The standard InChI is InChI=1S/C24H34ClF/c1-2-3-4-18-5-7-19(8-6-18)9-10-20-11-13-21(14-12-20)22-15-16-23(25)24(26)17-22/h3-4,15-21H,2,5-14H2,1H3/t18-,19-,20-,21-. The van der Waals surface area contributed by atoms with E-state index in [0.29, 0.717) is 5.92 Å². The van der Waals surface area contributed by atoms with Gasteiger partial charge in [0.15, 0.2) is 0 Å². The van der Waals surface area contributed by atoms with Crippen molar-refractivity contribution in [3.63, 3.8) is 0 Å². The van der Waals surface area contributed by atoms with Crippen molar-refractivity contribution < 1.29 is 4.39 Å². The van der Waals surface area contributed by atoms with E-state index in [4.69, 9.17) is 11.6 Å². The van der Waals surface area contributed by atoms with Crippen LogP contribution in [0.15, 0.2) is 30.4 Å². The minimum Gasteiger partial charge on any atom is -0.205 e. The quantitative estimate of drug-likeness (QED) is 0.438. The molecule has 0 bridgehead atoms. The maximum absolute atomic E-state index is 13.7. The van der Waals surface area contributed by atoms with E-state index in [2.05, 4.69) is 19.1 Å². The van der Waals surface area contributed by atoms with E-state index in [-0.39, 0.29) is 10.8 Å². The first kappa shape index (κ1) is 19.9. The van der Waals surface area contributed by atoms with Crippen molar-refractivity contribution in [3.8, 4) is 0 Å². The number of benzene rings is 1. The molecule has 0 unspecified atom stereocenters. The maximum atomic E-state index is 13.7. The zero-order valence-corrected chi connectivity index (χ0v) is 17.0. The molecule has 1 aromatic carbocycles. The van der Waals surface area contributed by atoms with Crippen LogP contribution in [0.5, 0.6) is 0 Å². The Labute approximate surface area is 164 Å². The second-order valence-corrected chi connectivity index (χ2v) is 8.99. The maximum Gasteiger partial charge on any atom is 0.142 e. The average molecular weight is 377 g/mol. The lowest BCUT2D eigenvalue weighted by molar-refractivity contribution is 0.246. The fourth-order valence-corrected chi connectivity index (χ4v) is 5.14. The molecule has 0 amide bonds. The van der Waals surface area contributed by atoms with E-state index in [9.17, 15) is 4.39 Å². The Bertz CT molecular complexity index is 578. The van der Waals surface area contributed by atoms with Gasteiger partial charge in [0.25, 0.3) is 0 Å². The zero-order chi connectivity index (χ0) is 18.4. The van der Waals surface area contributed by atoms with Crippen molar-refractivity contribution in [3.05, 3.63) is 46.8 Å². The molecule has 3 rings (SSSR count). The minimum absolute atomic E-state index is 0.238. The molecular weight excluding hydrogens is 343 g/mol. The molecule has 2 fully saturated rings. The van der Waals surface area contributed by atoms with E-state index in [0.717, 1.165) is 23.3 Å². The first-order valence-corrected chi connectivity index (χ1v) is 11.1. The van der Waals surface area contributed by atoms with Crippen molar-refractivity contribution in [2.75, 3.05) is 0 Å². The normalized spacial score (nSPS) is 30.0. The second-order valence-electron chi connectivity index (χ2n) is 8.59. The van der Waals surface area contributed by atoms with Crippen LogP contribution in [-0.2, 0) is 0 Å². The predicted octanol–water partition coefficient (Wildman–Crippen LogP) is 8.31. The van der Waals surface area contributed by atoms with E-state index in [1.165, 1.54) is 70.6 Å². The number of halogens is 2. The van der Waals surface area contributed by atoms with Gasteiger partial charge < -0.3 is 0 Å². The number of hydrogen-bond acceptors (Lipinski definition) is 0. The van der Waals surface area contributed by atoms with E-state index in [1.807, 2.05) is 6.07 Å². The largest absolute Gasteiger partial charge is 0.205 e. The smallest absolute Gasteiger partial charge is 0.142 e. The summed E-state index contributed by atoms with van der Waals surface area (Å²) in [5.41, 5.74) is 1.14. The Morgan fingerprint density at radius 2 is 1.58 bits per heavy atom. The fraction of sp³-hybridized carbons (Fsp3) is 0.667. The van der Waals surface area contributed by atoms with Crippen molar-refractivity contribution in [1.82, 2.24) is 0 Å². The molecule has 1 aromatic rings. The van der Waals surface area contributed by atoms with Crippen LogP contribution in [0, 0.1) is 23.6 Å². The lowest BCUT2D eigenvalue weighted by Crippen LogP contribution is -2.17. The molecule has 2 heteroatoms. The molecule has 0 aromatic heterocycles. The lowest BCUT2D eigenvalue weighted by atomic mass is 9.74. The highest BCUT2D eigenvalue weighted by molar-refractivity contribution is 6.30. The van der Waals surface area contributed by atoms with Gasteiger partial charge >= 0.3 is 0 Å². The van der Waals surface area contributed by atoms with Gasteiger partial charge in [-0.3, -0.25) is 0 Å². The summed E-state index contributed by atoms with van der Waals surface area (Å²) in [6.07, 6.45) is 19.5. The highest BCUT2D eigenvalue weighted by atomic mass is 35.5. The Hall–Kier alpha value is -0.820. The molecule has 2 saturated carbocycles. The minimum atomic E-state index is -0.268. The summed E-state index contributed by atoms with van der Waals surface area (Å²) in [5.74, 6) is 2.96. The van der Waals surface area contributed by atoms with Crippen LogP contribution in [0.25, 0.3) is 0 Å². The van der Waals surface area contributed by atoms with Crippen LogP contribution >= 0.6 is 11.6 Å². The van der Waals surface area contributed by atoms with Crippen molar-refractivity contribution >= 4 is 11.6 Å². The van der Waals surface area contributed by atoms with Crippen LogP contribution in [0.2, 0.25) is 5.02 Å². The third-order valence-electron chi connectivity index (χ3n) is 6.78. The molecule has 0 N–H and O–H groups in total. The van der Waals surface area contributed by atoms with Gasteiger partial charge in [-0.15, -0.1) is 0 Å². The van der Waals surface area contributed by atoms with E-state index in [1.54, 1.807) is 12.1 Å². The molecule has 26 heavy (non-hydrogen) atoms. The van der Waals surface area contributed by atoms with Crippen LogP contribution < -0.4 is 0 Å². The topological polar surface area (TPSA) is 0 Å². The van der Waals surface area contributed by atoms with Gasteiger partial charge in [0, 0.05) is 0 Å². The summed E-state index contributed by atoms with van der Waals surface area (Å²) in [4.78, 5) is 0. The van der Waals surface area contributed by atoms with Gasteiger partial charge in [0.2, 0.25) is 0 Å². The molecular formula is C24H34ClF. The van der Waals surface area contributed by atoms with E-state index >= 15 is 0 Å². The van der Waals surface area contributed by atoms with Gasteiger partial charge in [-0.2, -0.15) is 0 Å². The molecule has 0 spiro atoms.